The highest BCUT2D eigenvalue weighted by Gasteiger charge is 2.13. The topological polar surface area (TPSA) is 26.3 Å². The van der Waals surface area contributed by atoms with E-state index in [0.717, 1.165) is 12.8 Å². The molecule has 0 aromatic heterocycles. The van der Waals surface area contributed by atoms with Gasteiger partial charge in [-0.15, -0.1) is 0 Å². The van der Waals surface area contributed by atoms with E-state index in [2.05, 4.69) is 59.4 Å². The van der Waals surface area contributed by atoms with Gasteiger partial charge in [0.25, 0.3) is 0 Å². The zero-order valence-electron chi connectivity index (χ0n) is 10.8. The van der Waals surface area contributed by atoms with Crippen molar-refractivity contribution in [2.24, 2.45) is 5.41 Å². The Hall–Kier alpha value is -0.580. The van der Waals surface area contributed by atoms with Crippen molar-refractivity contribution in [2.75, 3.05) is 7.11 Å². The standard InChI is InChI=1S/C14H21IO2/c1-14(2,10-6-4-8-12-15)11-7-5-9-13(16)17-3/h4-8,12H,9-11H2,1-3H3/b6-4+,7-5+,12-8+. The van der Waals surface area contributed by atoms with E-state index in [0.29, 0.717) is 6.42 Å². The van der Waals surface area contributed by atoms with Gasteiger partial charge < -0.3 is 4.74 Å². The van der Waals surface area contributed by atoms with Crippen LogP contribution in [0.2, 0.25) is 0 Å². The van der Waals surface area contributed by atoms with Crippen molar-refractivity contribution in [1.29, 1.82) is 0 Å². The van der Waals surface area contributed by atoms with Crippen LogP contribution in [0.25, 0.3) is 0 Å². The maximum Gasteiger partial charge on any atom is 0.309 e. The third kappa shape index (κ3) is 10.3. The van der Waals surface area contributed by atoms with Gasteiger partial charge in [-0.3, -0.25) is 4.79 Å². The van der Waals surface area contributed by atoms with Gasteiger partial charge in [0, 0.05) is 0 Å². The highest BCUT2D eigenvalue weighted by atomic mass is 127. The van der Waals surface area contributed by atoms with Gasteiger partial charge in [0.15, 0.2) is 0 Å². The number of rotatable bonds is 7. The number of methoxy groups -OCH3 is 1. The monoisotopic (exact) mass is 348 g/mol. The summed E-state index contributed by atoms with van der Waals surface area (Å²) < 4.78 is 6.55. The molecular weight excluding hydrogens is 327 g/mol. The van der Waals surface area contributed by atoms with E-state index < -0.39 is 0 Å². The molecule has 0 aromatic rings. The van der Waals surface area contributed by atoms with Crippen LogP contribution < -0.4 is 0 Å². The van der Waals surface area contributed by atoms with Gasteiger partial charge in [-0.1, -0.05) is 66.8 Å². The number of esters is 1. The predicted octanol–water partition coefficient (Wildman–Crippen LogP) is 4.42. The lowest BCUT2D eigenvalue weighted by atomic mass is 9.85. The van der Waals surface area contributed by atoms with Crippen LogP contribution in [-0.4, -0.2) is 13.1 Å². The summed E-state index contributed by atoms with van der Waals surface area (Å²) in [6.07, 6.45) is 12.5. The lowest BCUT2D eigenvalue weighted by molar-refractivity contribution is -0.139. The molecule has 17 heavy (non-hydrogen) atoms. The largest absolute Gasteiger partial charge is 0.469 e. The summed E-state index contributed by atoms with van der Waals surface area (Å²) in [7, 11) is 1.41. The van der Waals surface area contributed by atoms with Gasteiger partial charge in [-0.2, -0.15) is 0 Å². The normalized spacial score (nSPS) is 12.9. The Balaban J connectivity index is 3.95. The molecule has 0 N–H and O–H groups in total. The zero-order valence-corrected chi connectivity index (χ0v) is 12.9. The van der Waals surface area contributed by atoms with E-state index in [1.807, 2.05) is 16.2 Å². The summed E-state index contributed by atoms with van der Waals surface area (Å²) in [5.74, 6) is -0.189. The molecule has 0 amide bonds. The molecule has 0 aliphatic rings. The molecule has 0 atom stereocenters. The summed E-state index contributed by atoms with van der Waals surface area (Å²) in [4.78, 5) is 10.9. The van der Waals surface area contributed by atoms with Crippen molar-refractivity contribution < 1.29 is 9.53 Å². The number of carbonyl (C=O) groups is 1. The first-order valence-electron chi connectivity index (χ1n) is 5.65. The Bertz CT molecular complexity index is 301. The fraction of sp³-hybridized carbons (Fsp3) is 0.500. The molecule has 0 radical (unpaired) electrons. The Morgan fingerprint density at radius 1 is 1.18 bits per heavy atom. The van der Waals surface area contributed by atoms with Crippen molar-refractivity contribution in [3.8, 4) is 0 Å². The predicted molar refractivity (Wildman–Crippen MR) is 81.1 cm³/mol. The highest BCUT2D eigenvalue weighted by Crippen LogP contribution is 2.26. The van der Waals surface area contributed by atoms with Gasteiger partial charge in [0.05, 0.1) is 13.5 Å². The van der Waals surface area contributed by atoms with E-state index >= 15 is 0 Å². The molecule has 2 nitrogen and oxygen atoms in total. The van der Waals surface area contributed by atoms with Gasteiger partial charge in [-0.25, -0.2) is 0 Å². The van der Waals surface area contributed by atoms with E-state index in [1.165, 1.54) is 7.11 Å². The quantitative estimate of drug-likeness (QED) is 0.295. The number of hydrogen-bond acceptors (Lipinski definition) is 2. The third-order valence-electron chi connectivity index (χ3n) is 2.34. The summed E-state index contributed by atoms with van der Waals surface area (Å²) >= 11 is 2.20. The third-order valence-corrected chi connectivity index (χ3v) is 2.75. The molecule has 0 spiro atoms. The fourth-order valence-corrected chi connectivity index (χ4v) is 1.50. The second-order valence-electron chi connectivity index (χ2n) is 4.57. The zero-order chi connectivity index (χ0) is 13.1. The molecule has 0 fully saturated rings. The van der Waals surface area contributed by atoms with E-state index in [4.69, 9.17) is 0 Å². The first-order chi connectivity index (χ1) is 8.02. The van der Waals surface area contributed by atoms with Crippen molar-refractivity contribution >= 4 is 28.6 Å². The van der Waals surface area contributed by atoms with Crippen LogP contribution in [0, 0.1) is 5.41 Å². The molecule has 0 aromatic carbocycles. The smallest absolute Gasteiger partial charge is 0.309 e. The number of ether oxygens (including phenoxy) is 1. The minimum atomic E-state index is -0.189. The lowest BCUT2D eigenvalue weighted by Gasteiger charge is -2.20. The molecule has 0 aliphatic carbocycles. The maximum absolute atomic E-state index is 10.9. The van der Waals surface area contributed by atoms with Crippen molar-refractivity contribution in [1.82, 2.24) is 0 Å². The molecule has 0 saturated heterocycles. The van der Waals surface area contributed by atoms with Crippen LogP contribution in [0.4, 0.5) is 0 Å². The van der Waals surface area contributed by atoms with Gasteiger partial charge in [0.2, 0.25) is 0 Å². The fourth-order valence-electron chi connectivity index (χ4n) is 1.26. The SMILES string of the molecule is COC(=O)C/C=C/CC(C)(C)C/C=C/C=C/I. The minimum Gasteiger partial charge on any atom is -0.469 e. The first-order valence-corrected chi connectivity index (χ1v) is 6.90. The first kappa shape index (κ1) is 16.4. The average molecular weight is 348 g/mol. The Labute approximate surface area is 118 Å². The highest BCUT2D eigenvalue weighted by molar-refractivity contribution is 14.1. The molecule has 0 bridgehead atoms. The molecule has 3 heteroatoms. The van der Waals surface area contributed by atoms with E-state index in [9.17, 15) is 4.79 Å². The summed E-state index contributed by atoms with van der Waals surface area (Å²) in [5, 5.41) is 0. The summed E-state index contributed by atoms with van der Waals surface area (Å²) in [6.45, 7) is 4.43. The Morgan fingerprint density at radius 2 is 1.82 bits per heavy atom. The van der Waals surface area contributed by atoms with Crippen molar-refractivity contribution in [3.05, 3.63) is 34.5 Å². The summed E-state index contributed by atoms with van der Waals surface area (Å²) in [5.41, 5.74) is 0.224. The molecule has 0 unspecified atom stereocenters. The van der Waals surface area contributed by atoms with Crippen LogP contribution in [0.3, 0.4) is 0 Å². The Kier molecular flexibility index (Phi) is 9.13. The number of halogens is 1. The molecule has 0 aliphatic heterocycles. The molecule has 0 heterocycles. The van der Waals surface area contributed by atoms with Gasteiger partial charge in [-0.05, 0) is 22.3 Å². The van der Waals surface area contributed by atoms with Crippen LogP contribution >= 0.6 is 22.6 Å². The summed E-state index contributed by atoms with van der Waals surface area (Å²) in [6, 6.07) is 0. The second-order valence-corrected chi connectivity index (χ2v) is 5.29. The second kappa shape index (κ2) is 9.45. The minimum absolute atomic E-state index is 0.189. The van der Waals surface area contributed by atoms with Crippen LogP contribution in [0.5, 0.6) is 0 Å². The molecule has 96 valence electrons. The van der Waals surface area contributed by atoms with Crippen LogP contribution in [-0.2, 0) is 9.53 Å². The van der Waals surface area contributed by atoms with Crippen molar-refractivity contribution in [3.63, 3.8) is 0 Å². The van der Waals surface area contributed by atoms with E-state index in [-0.39, 0.29) is 11.4 Å². The van der Waals surface area contributed by atoms with Crippen LogP contribution in [0.15, 0.2) is 34.5 Å². The lowest BCUT2D eigenvalue weighted by Crippen LogP contribution is -2.08. The number of allylic oxidation sites excluding steroid dienone is 4. The molecule has 0 saturated carbocycles. The average Bonchev–Trinajstić information content (AvgIpc) is 2.30. The molecule has 0 rings (SSSR count). The van der Waals surface area contributed by atoms with Crippen molar-refractivity contribution in [2.45, 2.75) is 33.1 Å². The number of hydrogen-bond donors (Lipinski definition) is 0. The Morgan fingerprint density at radius 3 is 2.41 bits per heavy atom. The number of carbonyl (C=O) groups excluding carboxylic acids is 1. The van der Waals surface area contributed by atoms with Crippen LogP contribution in [0.1, 0.15) is 33.1 Å². The maximum atomic E-state index is 10.9. The van der Waals surface area contributed by atoms with E-state index in [1.54, 1.807) is 0 Å². The van der Waals surface area contributed by atoms with Gasteiger partial charge in [0.1, 0.15) is 0 Å². The molecular formula is C14H21IO2. The van der Waals surface area contributed by atoms with Gasteiger partial charge >= 0.3 is 5.97 Å².